The van der Waals surface area contributed by atoms with Gasteiger partial charge in [-0.3, -0.25) is 4.79 Å². The molecule has 1 fully saturated rings. The van der Waals surface area contributed by atoms with Gasteiger partial charge in [-0.1, -0.05) is 19.0 Å². The number of sulfonamides is 1. The molecule has 1 saturated heterocycles. The molecule has 1 aromatic heterocycles. The Bertz CT molecular complexity index is 980. The fourth-order valence-electron chi connectivity index (χ4n) is 3.58. The minimum Gasteiger partial charge on any atom is -0.494 e. The van der Waals surface area contributed by atoms with Gasteiger partial charge < -0.3 is 14.6 Å². The molecule has 10 heteroatoms. The van der Waals surface area contributed by atoms with Crippen molar-refractivity contribution in [1.29, 1.82) is 0 Å². The predicted molar refractivity (Wildman–Crippen MR) is 119 cm³/mol. The van der Waals surface area contributed by atoms with Crippen molar-refractivity contribution in [1.82, 2.24) is 19.8 Å². The first-order valence-corrected chi connectivity index (χ1v) is 12.6. The number of carbonyl (C=O) groups is 1. The molecule has 0 saturated carbocycles. The second kappa shape index (κ2) is 10.9. The second-order valence-electron chi connectivity index (χ2n) is 8.18. The van der Waals surface area contributed by atoms with Crippen molar-refractivity contribution in [2.75, 3.05) is 26.2 Å². The maximum atomic E-state index is 12.9. The van der Waals surface area contributed by atoms with E-state index >= 15 is 0 Å². The van der Waals surface area contributed by atoms with E-state index in [0.717, 1.165) is 0 Å². The first-order chi connectivity index (χ1) is 15.3. The highest BCUT2D eigenvalue weighted by molar-refractivity contribution is 7.89. The zero-order chi connectivity index (χ0) is 23.1. The third-order valence-corrected chi connectivity index (χ3v) is 7.38. The number of hydrogen-bond donors (Lipinski definition) is 1. The summed E-state index contributed by atoms with van der Waals surface area (Å²) in [7, 11) is -3.58. The zero-order valence-electron chi connectivity index (χ0n) is 18.9. The smallest absolute Gasteiger partial charge is 0.243 e. The van der Waals surface area contributed by atoms with E-state index in [1.807, 2.05) is 20.8 Å². The van der Waals surface area contributed by atoms with E-state index in [1.165, 1.54) is 4.31 Å². The molecule has 0 atom stereocenters. The minimum absolute atomic E-state index is 0.0310. The monoisotopic (exact) mass is 464 g/mol. The molecule has 1 aromatic carbocycles. The number of benzene rings is 1. The summed E-state index contributed by atoms with van der Waals surface area (Å²) in [4.78, 5) is 17.1. The number of aryl methyl sites for hydroxylation is 1. The van der Waals surface area contributed by atoms with Gasteiger partial charge in [-0.25, -0.2) is 8.42 Å². The first kappa shape index (κ1) is 24.2. The number of aromatic nitrogens is 2. The maximum Gasteiger partial charge on any atom is 0.243 e. The van der Waals surface area contributed by atoms with E-state index in [1.54, 1.807) is 24.3 Å². The SMILES string of the molecule is CCOc1ccc(S(=O)(=O)N2CCC(C(=O)NCCCc3nc(C(C)C)no3)CC2)cc1. The van der Waals surface area contributed by atoms with Gasteiger partial charge in [0.1, 0.15) is 5.75 Å². The molecular weight excluding hydrogens is 432 g/mol. The zero-order valence-corrected chi connectivity index (χ0v) is 19.7. The van der Waals surface area contributed by atoms with Crippen LogP contribution in [-0.2, 0) is 21.2 Å². The van der Waals surface area contributed by atoms with Crippen LogP contribution in [-0.4, -0.2) is 55.0 Å². The lowest BCUT2D eigenvalue weighted by atomic mass is 9.97. The summed E-state index contributed by atoms with van der Waals surface area (Å²) in [6.07, 6.45) is 2.32. The molecule has 32 heavy (non-hydrogen) atoms. The molecular formula is C22H32N4O5S. The average Bonchev–Trinajstić information content (AvgIpc) is 3.27. The van der Waals surface area contributed by atoms with E-state index < -0.39 is 10.0 Å². The molecule has 2 heterocycles. The highest BCUT2D eigenvalue weighted by Gasteiger charge is 2.32. The van der Waals surface area contributed by atoms with E-state index in [9.17, 15) is 13.2 Å². The summed E-state index contributed by atoms with van der Waals surface area (Å²) < 4.78 is 37.8. The van der Waals surface area contributed by atoms with Gasteiger partial charge in [0, 0.05) is 37.9 Å². The standard InChI is InChI=1S/C22H32N4O5S/c1-4-30-18-7-9-19(10-8-18)32(28,29)26-14-11-17(12-15-26)22(27)23-13-5-6-20-24-21(16(2)3)25-31-20/h7-10,16-17H,4-6,11-15H2,1-3H3,(H,23,27). The van der Waals surface area contributed by atoms with E-state index in [4.69, 9.17) is 9.26 Å². The van der Waals surface area contributed by atoms with Gasteiger partial charge in [0.25, 0.3) is 0 Å². The van der Waals surface area contributed by atoms with E-state index in [0.29, 0.717) is 69.4 Å². The first-order valence-electron chi connectivity index (χ1n) is 11.1. The molecule has 3 rings (SSSR count). The van der Waals surface area contributed by atoms with Crippen LogP contribution in [0.3, 0.4) is 0 Å². The highest BCUT2D eigenvalue weighted by atomic mass is 32.2. The summed E-state index contributed by atoms with van der Waals surface area (Å²) in [5.74, 6) is 1.92. The van der Waals surface area contributed by atoms with Crippen LogP contribution < -0.4 is 10.1 Å². The van der Waals surface area contributed by atoms with Crippen molar-refractivity contribution in [3.63, 3.8) is 0 Å². The lowest BCUT2D eigenvalue weighted by molar-refractivity contribution is -0.126. The summed E-state index contributed by atoms with van der Waals surface area (Å²) in [6, 6.07) is 6.45. The minimum atomic E-state index is -3.58. The van der Waals surface area contributed by atoms with E-state index in [-0.39, 0.29) is 22.6 Å². The molecule has 1 N–H and O–H groups in total. The third-order valence-electron chi connectivity index (χ3n) is 5.46. The van der Waals surface area contributed by atoms with Crippen LogP contribution in [0.1, 0.15) is 57.7 Å². The van der Waals surface area contributed by atoms with Gasteiger partial charge in [-0.15, -0.1) is 0 Å². The summed E-state index contributed by atoms with van der Waals surface area (Å²) in [5.41, 5.74) is 0. The molecule has 0 unspecified atom stereocenters. The van der Waals surface area contributed by atoms with Gasteiger partial charge in [0.2, 0.25) is 21.8 Å². The molecule has 1 aliphatic heterocycles. The maximum absolute atomic E-state index is 12.9. The molecule has 9 nitrogen and oxygen atoms in total. The number of rotatable bonds is 10. The van der Waals surface area contributed by atoms with Crippen molar-refractivity contribution in [3.05, 3.63) is 36.0 Å². The van der Waals surface area contributed by atoms with Crippen molar-refractivity contribution >= 4 is 15.9 Å². The summed E-state index contributed by atoms with van der Waals surface area (Å²) in [6.45, 7) is 7.58. The van der Waals surface area contributed by atoms with Crippen LogP contribution in [0.2, 0.25) is 0 Å². The van der Waals surface area contributed by atoms with Gasteiger partial charge in [-0.2, -0.15) is 9.29 Å². The van der Waals surface area contributed by atoms with Gasteiger partial charge in [-0.05, 0) is 50.5 Å². The lowest BCUT2D eigenvalue weighted by Crippen LogP contribution is -2.43. The Hall–Kier alpha value is -2.46. The summed E-state index contributed by atoms with van der Waals surface area (Å²) in [5, 5.41) is 6.88. The molecule has 176 valence electrons. The topological polar surface area (TPSA) is 115 Å². The van der Waals surface area contributed by atoms with Crippen molar-refractivity contribution in [2.45, 2.75) is 57.3 Å². The Balaban J connectivity index is 1.42. The average molecular weight is 465 g/mol. The van der Waals surface area contributed by atoms with Crippen LogP contribution >= 0.6 is 0 Å². The molecule has 1 amide bonds. The number of nitrogens with zero attached hydrogens (tertiary/aromatic N) is 3. The van der Waals surface area contributed by atoms with Crippen molar-refractivity contribution in [2.24, 2.45) is 5.92 Å². The number of nitrogens with one attached hydrogen (secondary N) is 1. The van der Waals surface area contributed by atoms with Crippen LogP contribution in [0, 0.1) is 5.92 Å². The number of piperidine rings is 1. The summed E-state index contributed by atoms with van der Waals surface area (Å²) >= 11 is 0. The largest absolute Gasteiger partial charge is 0.494 e. The molecule has 1 aliphatic rings. The molecule has 0 aliphatic carbocycles. The third kappa shape index (κ3) is 6.07. The van der Waals surface area contributed by atoms with Gasteiger partial charge in [0.15, 0.2) is 5.82 Å². The Morgan fingerprint density at radius 3 is 2.53 bits per heavy atom. The van der Waals surface area contributed by atoms with Gasteiger partial charge in [0.05, 0.1) is 11.5 Å². The van der Waals surface area contributed by atoms with Crippen molar-refractivity contribution < 1.29 is 22.5 Å². The fraction of sp³-hybridized carbons (Fsp3) is 0.591. The Morgan fingerprint density at radius 1 is 1.25 bits per heavy atom. The van der Waals surface area contributed by atoms with Crippen LogP contribution in [0.4, 0.5) is 0 Å². The second-order valence-corrected chi connectivity index (χ2v) is 10.1. The molecule has 0 radical (unpaired) electrons. The number of ether oxygens (including phenoxy) is 1. The normalized spacial score (nSPS) is 15.8. The Labute approximate surface area is 189 Å². The fourth-order valence-corrected chi connectivity index (χ4v) is 5.05. The van der Waals surface area contributed by atoms with E-state index in [2.05, 4.69) is 15.5 Å². The Morgan fingerprint density at radius 2 is 1.94 bits per heavy atom. The number of amides is 1. The van der Waals surface area contributed by atoms with Gasteiger partial charge >= 0.3 is 0 Å². The Kier molecular flexibility index (Phi) is 8.25. The molecule has 0 bridgehead atoms. The van der Waals surface area contributed by atoms with Crippen LogP contribution in [0.5, 0.6) is 5.75 Å². The predicted octanol–water partition coefficient (Wildman–Crippen LogP) is 2.74. The van der Waals surface area contributed by atoms with Crippen molar-refractivity contribution in [3.8, 4) is 5.75 Å². The lowest BCUT2D eigenvalue weighted by Gasteiger charge is -2.30. The van der Waals surface area contributed by atoms with Crippen LogP contribution in [0.15, 0.2) is 33.7 Å². The van der Waals surface area contributed by atoms with Crippen LogP contribution in [0.25, 0.3) is 0 Å². The molecule has 0 spiro atoms. The number of carbonyl (C=O) groups excluding carboxylic acids is 1. The number of hydrogen-bond acceptors (Lipinski definition) is 7. The quantitative estimate of drug-likeness (QED) is 0.538. The highest BCUT2D eigenvalue weighted by Crippen LogP contribution is 2.25. The molecule has 2 aromatic rings.